The number of oxime groups is 1. The summed E-state index contributed by atoms with van der Waals surface area (Å²) in [5.74, 6) is 0.744. The second-order valence-electron chi connectivity index (χ2n) is 4.46. The van der Waals surface area contributed by atoms with Crippen molar-refractivity contribution in [3.05, 3.63) is 18.0 Å². The van der Waals surface area contributed by atoms with Crippen molar-refractivity contribution >= 4 is 11.8 Å². The van der Waals surface area contributed by atoms with Gasteiger partial charge in [0.1, 0.15) is 5.69 Å². The largest absolute Gasteiger partial charge is 0.409 e. The van der Waals surface area contributed by atoms with Crippen LogP contribution in [0.4, 0.5) is 5.95 Å². The Hall–Kier alpha value is -1.89. The molecule has 2 unspecified atom stereocenters. The molecule has 7 nitrogen and oxygen atoms in total. The van der Waals surface area contributed by atoms with Gasteiger partial charge in [0, 0.05) is 25.2 Å². The Labute approximate surface area is 105 Å². The van der Waals surface area contributed by atoms with E-state index in [-0.39, 0.29) is 17.9 Å². The molecule has 1 aromatic rings. The number of aliphatic hydroxyl groups excluding tert-OH is 1. The third-order valence-corrected chi connectivity index (χ3v) is 3.20. The minimum atomic E-state index is -0.331. The molecule has 1 saturated heterocycles. The van der Waals surface area contributed by atoms with Crippen molar-refractivity contribution in [2.45, 2.75) is 19.4 Å². The second kappa shape index (κ2) is 5.18. The summed E-state index contributed by atoms with van der Waals surface area (Å²) in [6.45, 7) is 3.31. The van der Waals surface area contributed by atoms with Gasteiger partial charge >= 0.3 is 0 Å². The standard InChI is InChI=1S/C11H17N5O2/c1-7(17)8-3-5-16(6-8)11-13-4-2-9(14-11)10(12)15-18/h2,4,7-8,17-18H,3,5-6H2,1H3,(H2,12,15). The predicted octanol–water partition coefficient (Wildman–Crippen LogP) is -0.222. The molecule has 0 spiro atoms. The smallest absolute Gasteiger partial charge is 0.225 e. The van der Waals surface area contributed by atoms with E-state index in [1.54, 1.807) is 19.2 Å². The van der Waals surface area contributed by atoms with Crippen LogP contribution in [0.25, 0.3) is 0 Å². The fraction of sp³-hybridized carbons (Fsp3) is 0.545. The lowest BCUT2D eigenvalue weighted by Gasteiger charge is -2.17. The molecule has 1 aromatic heterocycles. The molecule has 2 rings (SSSR count). The monoisotopic (exact) mass is 251 g/mol. The summed E-state index contributed by atoms with van der Waals surface area (Å²) in [5.41, 5.74) is 5.88. The molecule has 7 heteroatoms. The molecular formula is C11H17N5O2. The molecule has 98 valence electrons. The van der Waals surface area contributed by atoms with E-state index in [0.29, 0.717) is 11.6 Å². The molecule has 18 heavy (non-hydrogen) atoms. The van der Waals surface area contributed by atoms with Gasteiger partial charge in [0.05, 0.1) is 6.10 Å². The van der Waals surface area contributed by atoms with Crippen LogP contribution in [-0.2, 0) is 0 Å². The number of rotatable bonds is 3. The SMILES string of the molecule is CC(O)C1CCN(c2nccc(/C(N)=N/O)n2)C1. The lowest BCUT2D eigenvalue weighted by Crippen LogP contribution is -2.26. The Morgan fingerprint density at radius 2 is 2.44 bits per heavy atom. The zero-order valence-electron chi connectivity index (χ0n) is 10.2. The number of nitrogens with two attached hydrogens (primary N) is 1. The molecule has 1 fully saturated rings. The normalized spacial score (nSPS) is 22.2. The Kier molecular flexibility index (Phi) is 3.61. The van der Waals surface area contributed by atoms with Crippen LogP contribution in [0.15, 0.2) is 17.4 Å². The van der Waals surface area contributed by atoms with Gasteiger partial charge in [-0.15, -0.1) is 0 Å². The van der Waals surface area contributed by atoms with Crippen LogP contribution in [0.3, 0.4) is 0 Å². The lowest BCUT2D eigenvalue weighted by atomic mass is 10.0. The van der Waals surface area contributed by atoms with Crippen molar-refractivity contribution in [3.63, 3.8) is 0 Å². The van der Waals surface area contributed by atoms with Crippen LogP contribution in [-0.4, -0.2) is 45.3 Å². The number of anilines is 1. The van der Waals surface area contributed by atoms with Crippen molar-refractivity contribution < 1.29 is 10.3 Å². The fourth-order valence-electron chi connectivity index (χ4n) is 2.06. The molecule has 0 radical (unpaired) electrons. The van der Waals surface area contributed by atoms with Gasteiger partial charge in [0.25, 0.3) is 0 Å². The highest BCUT2D eigenvalue weighted by Crippen LogP contribution is 2.23. The fourth-order valence-corrected chi connectivity index (χ4v) is 2.06. The van der Waals surface area contributed by atoms with E-state index in [1.165, 1.54) is 0 Å². The molecule has 0 aliphatic carbocycles. The van der Waals surface area contributed by atoms with Gasteiger partial charge in [-0.2, -0.15) is 0 Å². The Balaban J connectivity index is 2.15. The topological polar surface area (TPSA) is 108 Å². The van der Waals surface area contributed by atoms with Crippen LogP contribution < -0.4 is 10.6 Å². The zero-order valence-corrected chi connectivity index (χ0v) is 10.2. The molecule has 1 aliphatic rings. The lowest BCUT2D eigenvalue weighted by molar-refractivity contribution is 0.136. The first-order valence-electron chi connectivity index (χ1n) is 5.85. The minimum absolute atomic E-state index is 0.0371. The Bertz CT molecular complexity index is 449. The maximum absolute atomic E-state index is 9.56. The molecule has 2 heterocycles. The maximum atomic E-state index is 9.56. The van der Waals surface area contributed by atoms with E-state index >= 15 is 0 Å². The number of hydrogen-bond donors (Lipinski definition) is 3. The number of hydrogen-bond acceptors (Lipinski definition) is 6. The Morgan fingerprint density at radius 3 is 3.06 bits per heavy atom. The summed E-state index contributed by atoms with van der Waals surface area (Å²) < 4.78 is 0. The number of aliphatic hydroxyl groups is 1. The van der Waals surface area contributed by atoms with Gasteiger partial charge < -0.3 is 20.9 Å². The van der Waals surface area contributed by atoms with Gasteiger partial charge in [0.2, 0.25) is 5.95 Å². The van der Waals surface area contributed by atoms with Crippen molar-refractivity contribution in [1.82, 2.24) is 9.97 Å². The van der Waals surface area contributed by atoms with E-state index in [1.807, 2.05) is 4.90 Å². The quantitative estimate of drug-likeness (QED) is 0.296. The zero-order chi connectivity index (χ0) is 13.1. The molecule has 2 atom stereocenters. The summed E-state index contributed by atoms with van der Waals surface area (Å²) in [7, 11) is 0. The highest BCUT2D eigenvalue weighted by atomic mass is 16.4. The van der Waals surface area contributed by atoms with Crippen LogP contribution in [0.1, 0.15) is 19.0 Å². The van der Waals surface area contributed by atoms with E-state index in [4.69, 9.17) is 10.9 Å². The summed E-state index contributed by atoms with van der Waals surface area (Å²) in [6, 6.07) is 1.58. The number of amidine groups is 1. The van der Waals surface area contributed by atoms with Crippen molar-refractivity contribution in [3.8, 4) is 0 Å². The first-order valence-corrected chi connectivity index (χ1v) is 5.85. The number of nitrogens with zero attached hydrogens (tertiary/aromatic N) is 4. The summed E-state index contributed by atoms with van der Waals surface area (Å²) in [4.78, 5) is 10.4. The molecule has 0 saturated carbocycles. The van der Waals surface area contributed by atoms with Crippen molar-refractivity contribution in [2.75, 3.05) is 18.0 Å². The third-order valence-electron chi connectivity index (χ3n) is 3.20. The first kappa shape index (κ1) is 12.6. The van der Waals surface area contributed by atoms with E-state index in [2.05, 4.69) is 15.1 Å². The van der Waals surface area contributed by atoms with Crippen LogP contribution in [0, 0.1) is 5.92 Å². The highest BCUT2D eigenvalue weighted by Gasteiger charge is 2.27. The molecule has 4 N–H and O–H groups in total. The van der Waals surface area contributed by atoms with Crippen LogP contribution in [0.5, 0.6) is 0 Å². The second-order valence-corrected chi connectivity index (χ2v) is 4.46. The molecule has 1 aliphatic heterocycles. The average molecular weight is 251 g/mol. The molecule has 0 amide bonds. The van der Waals surface area contributed by atoms with Gasteiger partial charge in [0.15, 0.2) is 5.84 Å². The highest BCUT2D eigenvalue weighted by molar-refractivity contribution is 5.95. The van der Waals surface area contributed by atoms with E-state index in [9.17, 15) is 5.11 Å². The van der Waals surface area contributed by atoms with Gasteiger partial charge in [-0.05, 0) is 19.4 Å². The van der Waals surface area contributed by atoms with Crippen LogP contribution in [0.2, 0.25) is 0 Å². The summed E-state index contributed by atoms with van der Waals surface area (Å²) >= 11 is 0. The summed E-state index contributed by atoms with van der Waals surface area (Å²) in [6.07, 6.45) is 2.16. The van der Waals surface area contributed by atoms with Crippen molar-refractivity contribution in [2.24, 2.45) is 16.8 Å². The molecule has 0 bridgehead atoms. The van der Waals surface area contributed by atoms with E-state index in [0.717, 1.165) is 19.5 Å². The first-order chi connectivity index (χ1) is 8.61. The molecule has 0 aromatic carbocycles. The van der Waals surface area contributed by atoms with Crippen molar-refractivity contribution in [1.29, 1.82) is 0 Å². The van der Waals surface area contributed by atoms with Gasteiger partial charge in [-0.3, -0.25) is 0 Å². The predicted molar refractivity (Wildman–Crippen MR) is 66.5 cm³/mol. The van der Waals surface area contributed by atoms with Gasteiger partial charge in [-0.25, -0.2) is 9.97 Å². The minimum Gasteiger partial charge on any atom is -0.409 e. The van der Waals surface area contributed by atoms with Crippen LogP contribution >= 0.6 is 0 Å². The summed E-state index contributed by atoms with van der Waals surface area (Å²) in [5, 5.41) is 21.1. The number of aromatic nitrogens is 2. The molecular weight excluding hydrogens is 234 g/mol. The average Bonchev–Trinajstić information content (AvgIpc) is 2.88. The third kappa shape index (κ3) is 2.51. The van der Waals surface area contributed by atoms with E-state index < -0.39 is 0 Å². The Morgan fingerprint density at radius 1 is 1.67 bits per heavy atom. The maximum Gasteiger partial charge on any atom is 0.225 e. The van der Waals surface area contributed by atoms with Gasteiger partial charge in [-0.1, -0.05) is 5.16 Å².